The van der Waals surface area contributed by atoms with Crippen LogP contribution in [0.3, 0.4) is 0 Å². The molecule has 0 fully saturated rings. The van der Waals surface area contributed by atoms with Gasteiger partial charge in [-0.15, -0.1) is 0 Å². The molecule has 1 aliphatic rings. The maximum absolute atomic E-state index is 13.9. The largest absolute Gasteiger partial charge is 0.516 e. The van der Waals surface area contributed by atoms with Gasteiger partial charge < -0.3 is 28.8 Å². The van der Waals surface area contributed by atoms with Gasteiger partial charge >= 0.3 is 18.3 Å². The highest BCUT2D eigenvalue weighted by Crippen LogP contribution is 2.38. The van der Waals surface area contributed by atoms with Crippen LogP contribution in [0.5, 0.6) is 17.4 Å². The van der Waals surface area contributed by atoms with Crippen molar-refractivity contribution in [3.05, 3.63) is 109 Å². The Balaban J connectivity index is 1.68. The van der Waals surface area contributed by atoms with Crippen LogP contribution in [-0.2, 0) is 17.3 Å². The molecule has 13 heteroatoms. The first-order chi connectivity index (χ1) is 23.7. The van der Waals surface area contributed by atoms with E-state index in [1.54, 1.807) is 18.2 Å². The molecular formula is C37H35F3O9S. The van der Waals surface area contributed by atoms with Gasteiger partial charge in [0.15, 0.2) is 11.2 Å². The van der Waals surface area contributed by atoms with Gasteiger partial charge in [0.05, 0.1) is 41.7 Å². The number of rotatable bonds is 13. The Morgan fingerprint density at radius 2 is 1.92 bits per heavy atom. The minimum absolute atomic E-state index is 0.0101. The summed E-state index contributed by atoms with van der Waals surface area (Å²) in [7, 11) is 1.03. The zero-order valence-electron chi connectivity index (χ0n) is 27.4. The Bertz CT molecular complexity index is 2010. The third-order valence-corrected chi connectivity index (χ3v) is 8.01. The van der Waals surface area contributed by atoms with E-state index >= 15 is 0 Å². The Kier molecular flexibility index (Phi) is 12.5. The Morgan fingerprint density at radius 3 is 2.60 bits per heavy atom. The van der Waals surface area contributed by atoms with Crippen molar-refractivity contribution in [2.45, 2.75) is 57.7 Å². The normalized spacial score (nSPS) is 14.1. The van der Waals surface area contributed by atoms with Gasteiger partial charge in [-0.3, -0.25) is 9.59 Å². The first-order valence-corrected chi connectivity index (χ1v) is 16.0. The Labute approximate surface area is 290 Å². The molecule has 2 atom stereocenters. The van der Waals surface area contributed by atoms with Crippen molar-refractivity contribution in [2.75, 3.05) is 13.7 Å². The number of halogens is 3. The number of Topliss-reactive ketones (excluding diaryl/α,β-unsaturated/α-hetero) is 1. The van der Waals surface area contributed by atoms with Crippen molar-refractivity contribution in [2.24, 2.45) is 0 Å². The van der Waals surface area contributed by atoms with Crippen LogP contribution in [0.15, 0.2) is 69.9 Å². The molecule has 4 rings (SSSR count). The van der Waals surface area contributed by atoms with E-state index in [9.17, 15) is 37.8 Å². The first kappa shape index (κ1) is 37.8. The second-order valence-electron chi connectivity index (χ2n) is 11.3. The molecule has 264 valence electrons. The number of aryl methyl sites for hydroxylation is 1. The van der Waals surface area contributed by atoms with Crippen molar-refractivity contribution >= 4 is 41.2 Å². The fourth-order valence-electron chi connectivity index (χ4n) is 5.29. The summed E-state index contributed by atoms with van der Waals surface area (Å²) in [5.41, 5.74) is -1.43. The van der Waals surface area contributed by atoms with Crippen LogP contribution in [0.4, 0.5) is 18.0 Å². The molecule has 2 aromatic carbocycles. The van der Waals surface area contributed by atoms with Crippen molar-refractivity contribution in [1.82, 2.24) is 0 Å². The second kappa shape index (κ2) is 16.6. The van der Waals surface area contributed by atoms with Crippen LogP contribution in [-0.4, -0.2) is 40.7 Å². The summed E-state index contributed by atoms with van der Waals surface area (Å²) in [4.78, 5) is 38.5. The first-order valence-electron chi connectivity index (χ1n) is 15.6. The number of fused-ring (bicyclic) bond motifs is 1. The average Bonchev–Trinajstić information content (AvgIpc) is 3.07. The number of aromatic hydroxyl groups is 1. The number of carbonyl (C=O) groups is 2. The number of phenols is 1. The van der Waals surface area contributed by atoms with Crippen molar-refractivity contribution < 1.29 is 51.6 Å². The third kappa shape index (κ3) is 9.16. The van der Waals surface area contributed by atoms with Crippen molar-refractivity contribution in [3.8, 4) is 17.4 Å². The van der Waals surface area contributed by atoms with Crippen LogP contribution >= 0.6 is 12.2 Å². The standard InChI is InChI=1S/C37H35F3O9S/c1-4-10-22-18-25(19-29(21(2)41)33(22)43)47-16-8-6-5-7-13-28(32(42)23-11-9-12-24(17-23)37(38,39)40)31-34(44)27-15-14-26(50)20-30(27)48-35(31)49-36(45)46-3/h5-7,9,11-13,15,17-20,28,32,42-43H,4,8,10,14,16H2,1-3H3/b6-5-,13-7+/t28-,32-/m0/s1. The number of aliphatic hydroxyl groups excluding tert-OH is 1. The number of phenolic OH excluding ortho intramolecular Hbond substituents is 1. The predicted molar refractivity (Wildman–Crippen MR) is 183 cm³/mol. The van der Waals surface area contributed by atoms with E-state index in [1.807, 2.05) is 6.92 Å². The lowest BCUT2D eigenvalue weighted by Gasteiger charge is -2.22. The van der Waals surface area contributed by atoms with Crippen LogP contribution in [0.25, 0.3) is 12.2 Å². The number of benzene rings is 2. The lowest BCUT2D eigenvalue weighted by atomic mass is 9.88. The van der Waals surface area contributed by atoms with Crippen LogP contribution in [0.1, 0.15) is 77.7 Å². The number of methoxy groups -OCH3 is 1. The molecule has 3 aromatic rings. The monoisotopic (exact) mass is 712 g/mol. The van der Waals surface area contributed by atoms with Crippen molar-refractivity contribution in [1.29, 1.82) is 0 Å². The number of ether oxygens (including phenoxy) is 3. The van der Waals surface area contributed by atoms with Crippen molar-refractivity contribution in [3.63, 3.8) is 0 Å². The van der Waals surface area contributed by atoms with E-state index in [1.165, 1.54) is 43.4 Å². The third-order valence-electron chi connectivity index (χ3n) is 7.73. The molecule has 1 aromatic heterocycles. The highest BCUT2D eigenvalue weighted by Gasteiger charge is 2.34. The number of hydrogen-bond donors (Lipinski definition) is 2. The summed E-state index contributed by atoms with van der Waals surface area (Å²) < 4.78 is 62.1. The lowest BCUT2D eigenvalue weighted by Crippen LogP contribution is -2.44. The fraction of sp³-hybridized carbons (Fsp3) is 0.297. The lowest BCUT2D eigenvalue weighted by molar-refractivity contribution is -0.137. The predicted octanol–water partition coefficient (Wildman–Crippen LogP) is 6.40. The van der Waals surface area contributed by atoms with E-state index < -0.39 is 41.3 Å². The minimum atomic E-state index is -4.70. The molecule has 0 aliphatic heterocycles. The smallest absolute Gasteiger partial charge is 0.507 e. The van der Waals surface area contributed by atoms with E-state index in [-0.39, 0.29) is 51.9 Å². The maximum Gasteiger partial charge on any atom is 0.516 e. The quantitative estimate of drug-likeness (QED) is 0.0675. The number of alkyl halides is 3. The molecule has 0 amide bonds. The number of aliphatic hydroxyl groups is 1. The van der Waals surface area contributed by atoms with E-state index in [0.717, 1.165) is 31.7 Å². The molecule has 0 radical (unpaired) electrons. The van der Waals surface area contributed by atoms with E-state index in [4.69, 9.17) is 26.1 Å². The van der Waals surface area contributed by atoms with Gasteiger partial charge in [0, 0.05) is 17.2 Å². The fourth-order valence-corrected chi connectivity index (χ4v) is 5.48. The summed E-state index contributed by atoms with van der Waals surface area (Å²) in [5, 5.41) is 22.0. The van der Waals surface area contributed by atoms with Crippen LogP contribution in [0, 0.1) is 0 Å². The number of allylic oxidation sites excluding steroid dienone is 2. The maximum atomic E-state index is 13.9. The minimum Gasteiger partial charge on any atom is -0.507 e. The topological polar surface area (TPSA) is 132 Å². The van der Waals surface area contributed by atoms with E-state index in [2.05, 4.69) is 4.74 Å². The van der Waals surface area contributed by atoms with Gasteiger partial charge in [0.1, 0.15) is 16.9 Å². The summed E-state index contributed by atoms with van der Waals surface area (Å²) in [5.74, 6) is -1.94. The van der Waals surface area contributed by atoms with E-state index in [0.29, 0.717) is 29.0 Å². The van der Waals surface area contributed by atoms with Gasteiger partial charge in [-0.05, 0) is 61.2 Å². The molecule has 0 saturated carbocycles. The van der Waals surface area contributed by atoms with Crippen LogP contribution in [0.2, 0.25) is 0 Å². The molecule has 0 unspecified atom stereocenters. The number of hydrogen-bond acceptors (Lipinski definition) is 10. The van der Waals surface area contributed by atoms with Gasteiger partial charge in [-0.2, -0.15) is 13.2 Å². The Morgan fingerprint density at radius 1 is 1.16 bits per heavy atom. The molecular weight excluding hydrogens is 677 g/mol. The highest BCUT2D eigenvalue weighted by molar-refractivity contribution is 7.81. The summed E-state index contributed by atoms with van der Waals surface area (Å²) in [6.45, 7) is 3.49. The zero-order valence-corrected chi connectivity index (χ0v) is 28.2. The molecule has 2 N–H and O–H groups in total. The molecule has 0 bridgehead atoms. The van der Waals surface area contributed by atoms with Gasteiger partial charge in [0.25, 0.3) is 0 Å². The number of carbonyl (C=O) groups excluding carboxylic acids is 2. The summed E-state index contributed by atoms with van der Waals surface area (Å²) in [6.07, 6.45) is 3.31. The van der Waals surface area contributed by atoms with Gasteiger partial charge in [-0.1, -0.05) is 68.1 Å². The van der Waals surface area contributed by atoms with Gasteiger partial charge in [-0.25, -0.2) is 4.79 Å². The average molecular weight is 713 g/mol. The highest BCUT2D eigenvalue weighted by atomic mass is 32.1. The van der Waals surface area contributed by atoms with Gasteiger partial charge in [0.2, 0.25) is 0 Å². The molecule has 50 heavy (non-hydrogen) atoms. The summed E-state index contributed by atoms with van der Waals surface area (Å²) in [6, 6.07) is 7.18. The molecule has 0 spiro atoms. The second-order valence-corrected chi connectivity index (χ2v) is 11.8. The SMILES string of the molecule is CCCc1cc(OCC/C=C\C=C\[C@@H](c2c(OC(=O)OC)oc3c(c2=O)=CCC(=S)C=3)[C@@H](O)c2cccc(C(F)(F)F)c2)cc(C(C)=O)c1O. The van der Waals surface area contributed by atoms with Crippen LogP contribution < -0.4 is 25.5 Å². The summed E-state index contributed by atoms with van der Waals surface area (Å²) >= 11 is 5.21. The molecule has 1 aliphatic carbocycles. The molecule has 9 nitrogen and oxygen atoms in total. The number of ketones is 1. The zero-order chi connectivity index (χ0) is 36.6. The Hall–Kier alpha value is -5.01. The molecule has 1 heterocycles. The molecule has 0 saturated heterocycles. The number of thiocarbonyl (C=S) groups is 1.